The number of nitrogen functional groups attached to an aromatic ring is 1. The third-order valence-electron chi connectivity index (χ3n) is 2.44. The van der Waals surface area contributed by atoms with Gasteiger partial charge < -0.3 is 10.5 Å². The third kappa shape index (κ3) is 3.69. The quantitative estimate of drug-likeness (QED) is 0.621. The SMILES string of the molecule is Cc1ncc(S(=O)(=O)NCCOc2ccccc2N)s1. The number of nitrogens with two attached hydrogens (primary N) is 1. The highest BCUT2D eigenvalue weighted by Crippen LogP contribution is 2.19. The van der Waals surface area contributed by atoms with Crippen LogP contribution in [0.5, 0.6) is 5.75 Å². The van der Waals surface area contributed by atoms with E-state index < -0.39 is 10.0 Å². The van der Waals surface area contributed by atoms with E-state index in [1.54, 1.807) is 31.2 Å². The van der Waals surface area contributed by atoms with Crippen molar-refractivity contribution in [1.29, 1.82) is 0 Å². The number of benzene rings is 1. The number of hydrogen-bond donors (Lipinski definition) is 2. The predicted molar refractivity (Wildman–Crippen MR) is 78.4 cm³/mol. The van der Waals surface area contributed by atoms with Gasteiger partial charge in [0.15, 0.2) is 4.21 Å². The van der Waals surface area contributed by atoms with Crippen LogP contribution in [0.3, 0.4) is 0 Å². The molecule has 3 N–H and O–H groups in total. The number of sulfonamides is 1. The molecule has 0 unspecified atom stereocenters. The fourth-order valence-corrected chi connectivity index (χ4v) is 3.65. The highest BCUT2D eigenvalue weighted by atomic mass is 32.2. The molecule has 2 aromatic rings. The van der Waals surface area contributed by atoms with E-state index >= 15 is 0 Å². The summed E-state index contributed by atoms with van der Waals surface area (Å²) in [4.78, 5) is 3.92. The largest absolute Gasteiger partial charge is 0.490 e. The molecule has 0 spiro atoms. The van der Waals surface area contributed by atoms with E-state index in [0.717, 1.165) is 11.3 Å². The first-order valence-electron chi connectivity index (χ1n) is 5.88. The molecule has 0 aliphatic heterocycles. The van der Waals surface area contributed by atoms with Crippen molar-refractivity contribution >= 4 is 27.0 Å². The Bertz CT molecular complexity index is 683. The van der Waals surface area contributed by atoms with Crippen molar-refractivity contribution < 1.29 is 13.2 Å². The average molecular weight is 313 g/mol. The fourth-order valence-electron chi connectivity index (χ4n) is 1.49. The topological polar surface area (TPSA) is 94.3 Å². The van der Waals surface area contributed by atoms with Gasteiger partial charge in [-0.2, -0.15) is 0 Å². The molecule has 8 heteroatoms. The minimum atomic E-state index is -3.51. The second kappa shape index (κ2) is 6.21. The molecule has 6 nitrogen and oxygen atoms in total. The summed E-state index contributed by atoms with van der Waals surface area (Å²) in [6.45, 7) is 2.11. The van der Waals surface area contributed by atoms with Gasteiger partial charge in [-0.3, -0.25) is 0 Å². The lowest BCUT2D eigenvalue weighted by molar-refractivity contribution is 0.324. The van der Waals surface area contributed by atoms with Crippen LogP contribution in [0, 0.1) is 6.92 Å². The fraction of sp³-hybridized carbons (Fsp3) is 0.250. The summed E-state index contributed by atoms with van der Waals surface area (Å²) in [6, 6.07) is 7.06. The molecular formula is C12H15N3O3S2. The molecule has 108 valence electrons. The average Bonchev–Trinajstić information content (AvgIpc) is 2.84. The Kier molecular flexibility index (Phi) is 4.58. The number of thiazole rings is 1. The minimum absolute atomic E-state index is 0.160. The zero-order valence-electron chi connectivity index (χ0n) is 10.9. The number of aromatic nitrogens is 1. The first-order chi connectivity index (χ1) is 9.49. The van der Waals surface area contributed by atoms with Gasteiger partial charge in [0.1, 0.15) is 12.4 Å². The lowest BCUT2D eigenvalue weighted by Crippen LogP contribution is -2.27. The minimum Gasteiger partial charge on any atom is -0.490 e. The number of nitrogens with one attached hydrogen (secondary N) is 1. The zero-order chi connectivity index (χ0) is 14.6. The Hall–Kier alpha value is -1.64. The Labute approximate surface area is 121 Å². The molecular weight excluding hydrogens is 298 g/mol. The van der Waals surface area contributed by atoms with Crippen LogP contribution in [0.25, 0.3) is 0 Å². The van der Waals surface area contributed by atoms with E-state index in [9.17, 15) is 8.42 Å². The van der Waals surface area contributed by atoms with Gasteiger partial charge in [0.2, 0.25) is 0 Å². The van der Waals surface area contributed by atoms with Crippen LogP contribution in [0.1, 0.15) is 5.01 Å². The molecule has 1 aromatic carbocycles. The van der Waals surface area contributed by atoms with E-state index in [4.69, 9.17) is 10.5 Å². The van der Waals surface area contributed by atoms with E-state index in [0.29, 0.717) is 16.4 Å². The highest BCUT2D eigenvalue weighted by Gasteiger charge is 2.16. The molecule has 0 saturated heterocycles. The summed E-state index contributed by atoms with van der Waals surface area (Å²) >= 11 is 1.13. The van der Waals surface area contributed by atoms with Crippen molar-refractivity contribution in [3.63, 3.8) is 0 Å². The molecule has 1 aromatic heterocycles. The van der Waals surface area contributed by atoms with Gasteiger partial charge in [0, 0.05) is 6.54 Å². The number of aryl methyl sites for hydroxylation is 1. The number of hydrogen-bond acceptors (Lipinski definition) is 6. The lowest BCUT2D eigenvalue weighted by atomic mass is 10.3. The number of ether oxygens (including phenoxy) is 1. The Morgan fingerprint density at radius 2 is 2.15 bits per heavy atom. The summed E-state index contributed by atoms with van der Waals surface area (Å²) < 4.78 is 31.9. The normalized spacial score (nSPS) is 11.4. The Morgan fingerprint density at radius 1 is 1.40 bits per heavy atom. The Morgan fingerprint density at radius 3 is 2.80 bits per heavy atom. The van der Waals surface area contributed by atoms with E-state index in [-0.39, 0.29) is 17.4 Å². The van der Waals surface area contributed by atoms with Crippen molar-refractivity contribution in [1.82, 2.24) is 9.71 Å². The second-order valence-corrected chi connectivity index (χ2v) is 7.21. The van der Waals surface area contributed by atoms with E-state index in [1.807, 2.05) is 0 Å². The van der Waals surface area contributed by atoms with Gasteiger partial charge in [-0.25, -0.2) is 18.1 Å². The molecule has 0 aliphatic rings. The number of rotatable bonds is 6. The molecule has 2 rings (SSSR count). The van der Waals surface area contributed by atoms with Crippen LogP contribution in [0.15, 0.2) is 34.7 Å². The van der Waals surface area contributed by atoms with Crippen LogP contribution in [0.2, 0.25) is 0 Å². The molecule has 0 fully saturated rings. The molecule has 0 aliphatic carbocycles. The molecule has 20 heavy (non-hydrogen) atoms. The number of para-hydroxylation sites is 2. The molecule has 0 atom stereocenters. The second-order valence-electron chi connectivity index (χ2n) is 3.98. The Balaban J connectivity index is 1.86. The lowest BCUT2D eigenvalue weighted by Gasteiger charge is -2.09. The third-order valence-corrected chi connectivity index (χ3v) is 5.27. The number of anilines is 1. The highest BCUT2D eigenvalue weighted by molar-refractivity contribution is 7.91. The van der Waals surface area contributed by atoms with Gasteiger partial charge in [-0.15, -0.1) is 11.3 Å². The molecule has 0 radical (unpaired) electrons. The summed E-state index contributed by atoms with van der Waals surface area (Å²) in [7, 11) is -3.51. The van der Waals surface area contributed by atoms with Crippen molar-refractivity contribution in [2.24, 2.45) is 0 Å². The summed E-state index contributed by atoms with van der Waals surface area (Å²) in [6.07, 6.45) is 1.35. The maximum absolute atomic E-state index is 11.9. The van der Waals surface area contributed by atoms with Gasteiger partial charge in [0.05, 0.1) is 16.9 Å². The number of nitrogens with zero attached hydrogens (tertiary/aromatic N) is 1. The monoisotopic (exact) mass is 313 g/mol. The summed E-state index contributed by atoms with van der Waals surface area (Å²) in [5.74, 6) is 0.542. The maximum atomic E-state index is 11.9. The van der Waals surface area contributed by atoms with Crippen LogP contribution in [-0.2, 0) is 10.0 Å². The van der Waals surface area contributed by atoms with Crippen LogP contribution in [-0.4, -0.2) is 26.6 Å². The van der Waals surface area contributed by atoms with Crippen LogP contribution >= 0.6 is 11.3 Å². The van der Waals surface area contributed by atoms with Gasteiger partial charge in [-0.05, 0) is 19.1 Å². The first-order valence-corrected chi connectivity index (χ1v) is 8.18. The molecule has 0 bridgehead atoms. The smallest absolute Gasteiger partial charge is 0.251 e. The van der Waals surface area contributed by atoms with Crippen molar-refractivity contribution in [3.8, 4) is 5.75 Å². The molecule has 0 amide bonds. The maximum Gasteiger partial charge on any atom is 0.251 e. The van der Waals surface area contributed by atoms with E-state index in [2.05, 4.69) is 9.71 Å². The van der Waals surface area contributed by atoms with Gasteiger partial charge >= 0.3 is 0 Å². The van der Waals surface area contributed by atoms with Gasteiger partial charge in [0.25, 0.3) is 10.0 Å². The van der Waals surface area contributed by atoms with Crippen molar-refractivity contribution in [2.75, 3.05) is 18.9 Å². The zero-order valence-corrected chi connectivity index (χ0v) is 12.5. The first kappa shape index (κ1) is 14.8. The standard InChI is InChI=1S/C12H15N3O3S2/c1-9-14-8-12(19-9)20(16,17)15-6-7-18-11-5-3-2-4-10(11)13/h2-5,8,15H,6-7,13H2,1H3. The summed E-state index contributed by atoms with van der Waals surface area (Å²) in [5.41, 5.74) is 6.23. The molecule has 0 saturated carbocycles. The van der Waals surface area contributed by atoms with Crippen molar-refractivity contribution in [2.45, 2.75) is 11.1 Å². The van der Waals surface area contributed by atoms with Crippen molar-refractivity contribution in [3.05, 3.63) is 35.5 Å². The van der Waals surface area contributed by atoms with Crippen LogP contribution < -0.4 is 15.2 Å². The van der Waals surface area contributed by atoms with E-state index in [1.165, 1.54) is 6.20 Å². The van der Waals surface area contributed by atoms with Gasteiger partial charge in [-0.1, -0.05) is 12.1 Å². The predicted octanol–water partition coefficient (Wildman–Crippen LogP) is 1.39. The molecule has 1 heterocycles. The summed E-state index contributed by atoms with van der Waals surface area (Å²) in [5, 5.41) is 0.707. The van der Waals surface area contributed by atoms with Crippen LogP contribution in [0.4, 0.5) is 5.69 Å².